The molecule has 1 aromatic rings. The zero-order valence-electron chi connectivity index (χ0n) is 15.4. The Kier molecular flexibility index (Phi) is 5.42. The number of piperidine rings is 1. The van der Waals surface area contributed by atoms with Gasteiger partial charge in [0.2, 0.25) is 0 Å². The number of hydrogen-bond donors (Lipinski definition) is 1. The maximum Gasteiger partial charge on any atom is 0.0948 e. The Balaban J connectivity index is 1.62. The van der Waals surface area contributed by atoms with E-state index in [4.69, 9.17) is 0 Å². The Morgan fingerprint density at radius 2 is 1.92 bits per heavy atom. The molecule has 5 nitrogen and oxygen atoms in total. The Hall–Kier alpha value is -1.17. The van der Waals surface area contributed by atoms with Gasteiger partial charge in [-0.3, -0.25) is 9.88 Å². The molecule has 0 spiro atoms. The average Bonchev–Trinajstić information content (AvgIpc) is 2.57. The van der Waals surface area contributed by atoms with E-state index in [1.165, 1.54) is 0 Å². The van der Waals surface area contributed by atoms with Crippen molar-refractivity contribution in [1.29, 1.82) is 0 Å². The number of anilines is 1. The molecule has 1 unspecified atom stereocenters. The van der Waals surface area contributed by atoms with Crippen LogP contribution in [0.25, 0.3) is 0 Å². The minimum atomic E-state index is -0.606. The van der Waals surface area contributed by atoms with Gasteiger partial charge in [0.1, 0.15) is 0 Å². The summed E-state index contributed by atoms with van der Waals surface area (Å²) in [7, 11) is 2.17. The lowest BCUT2D eigenvalue weighted by atomic mass is 9.91. The molecule has 0 aliphatic carbocycles. The number of aliphatic hydroxyl groups is 1. The first-order valence-corrected chi connectivity index (χ1v) is 9.29. The number of pyridine rings is 1. The highest BCUT2D eigenvalue weighted by Crippen LogP contribution is 2.27. The van der Waals surface area contributed by atoms with Gasteiger partial charge in [0, 0.05) is 51.5 Å². The fourth-order valence-corrected chi connectivity index (χ4v) is 3.81. The van der Waals surface area contributed by atoms with Crippen molar-refractivity contribution in [3.05, 3.63) is 24.0 Å². The zero-order valence-corrected chi connectivity index (χ0v) is 15.4. The molecule has 2 saturated heterocycles. The fourth-order valence-electron chi connectivity index (χ4n) is 3.81. The van der Waals surface area contributed by atoms with E-state index in [-0.39, 0.29) is 0 Å². The van der Waals surface area contributed by atoms with Gasteiger partial charge in [-0.15, -0.1) is 0 Å². The average molecular weight is 332 g/mol. The first-order valence-electron chi connectivity index (χ1n) is 9.29. The molecular weight excluding hydrogens is 300 g/mol. The van der Waals surface area contributed by atoms with Crippen LogP contribution in [0.1, 0.15) is 38.3 Å². The Morgan fingerprint density at radius 1 is 1.17 bits per heavy atom. The SMILES string of the molecule is CC(C)c1ccc(N2CCCC(O)(CN3CCN(C)CC3)C2)cn1. The topological polar surface area (TPSA) is 42.8 Å². The van der Waals surface area contributed by atoms with Crippen LogP contribution in [0.3, 0.4) is 0 Å². The van der Waals surface area contributed by atoms with E-state index in [0.717, 1.165) is 63.5 Å². The second kappa shape index (κ2) is 7.38. The summed E-state index contributed by atoms with van der Waals surface area (Å²) in [6.07, 6.45) is 3.90. The molecule has 24 heavy (non-hydrogen) atoms. The lowest BCUT2D eigenvalue weighted by Gasteiger charge is -2.44. The molecule has 0 amide bonds. The monoisotopic (exact) mass is 332 g/mol. The van der Waals surface area contributed by atoms with Crippen molar-refractivity contribution < 1.29 is 5.11 Å². The molecule has 0 saturated carbocycles. The predicted molar refractivity (Wildman–Crippen MR) is 98.7 cm³/mol. The van der Waals surface area contributed by atoms with E-state index >= 15 is 0 Å². The third-order valence-corrected chi connectivity index (χ3v) is 5.40. The molecule has 0 radical (unpaired) electrons. The molecule has 0 aromatic carbocycles. The largest absolute Gasteiger partial charge is 0.387 e. The van der Waals surface area contributed by atoms with Crippen LogP contribution >= 0.6 is 0 Å². The summed E-state index contributed by atoms with van der Waals surface area (Å²) < 4.78 is 0. The van der Waals surface area contributed by atoms with E-state index in [2.05, 4.69) is 52.7 Å². The molecule has 2 fully saturated rings. The molecule has 2 aliphatic heterocycles. The number of likely N-dealkylation sites (N-methyl/N-ethyl adjacent to an activating group) is 1. The van der Waals surface area contributed by atoms with E-state index in [1.807, 2.05) is 6.20 Å². The number of rotatable bonds is 4. The van der Waals surface area contributed by atoms with E-state index in [1.54, 1.807) is 0 Å². The van der Waals surface area contributed by atoms with Crippen molar-refractivity contribution in [2.45, 2.75) is 38.2 Å². The van der Waals surface area contributed by atoms with Crippen molar-refractivity contribution in [2.75, 3.05) is 57.8 Å². The van der Waals surface area contributed by atoms with Gasteiger partial charge in [-0.2, -0.15) is 0 Å². The van der Waals surface area contributed by atoms with Crippen LogP contribution in [-0.4, -0.2) is 78.4 Å². The summed E-state index contributed by atoms with van der Waals surface area (Å²) >= 11 is 0. The molecule has 5 heteroatoms. The highest BCUT2D eigenvalue weighted by molar-refractivity contribution is 5.46. The van der Waals surface area contributed by atoms with Crippen LogP contribution in [0.15, 0.2) is 18.3 Å². The highest BCUT2D eigenvalue weighted by atomic mass is 16.3. The van der Waals surface area contributed by atoms with E-state index < -0.39 is 5.60 Å². The summed E-state index contributed by atoms with van der Waals surface area (Å²) in [6.45, 7) is 11.1. The Morgan fingerprint density at radius 3 is 2.54 bits per heavy atom. The Bertz CT molecular complexity index is 525. The minimum Gasteiger partial charge on any atom is -0.387 e. The maximum atomic E-state index is 11.1. The van der Waals surface area contributed by atoms with Gasteiger partial charge in [-0.05, 0) is 37.9 Å². The first-order chi connectivity index (χ1) is 11.5. The molecule has 1 aromatic heterocycles. The van der Waals surface area contributed by atoms with Crippen LogP contribution in [0.5, 0.6) is 0 Å². The minimum absolute atomic E-state index is 0.453. The number of hydrogen-bond acceptors (Lipinski definition) is 5. The molecule has 0 bridgehead atoms. The number of nitrogens with zero attached hydrogens (tertiary/aromatic N) is 4. The van der Waals surface area contributed by atoms with Gasteiger partial charge in [0.05, 0.1) is 17.5 Å². The number of aromatic nitrogens is 1. The quantitative estimate of drug-likeness (QED) is 0.910. The molecule has 3 heterocycles. The van der Waals surface area contributed by atoms with Crippen LogP contribution in [0, 0.1) is 0 Å². The molecule has 3 rings (SSSR count). The smallest absolute Gasteiger partial charge is 0.0948 e. The fraction of sp³-hybridized carbons (Fsp3) is 0.737. The first kappa shape index (κ1) is 17.6. The van der Waals surface area contributed by atoms with E-state index in [0.29, 0.717) is 12.5 Å². The third kappa shape index (κ3) is 4.26. The van der Waals surface area contributed by atoms with Crippen molar-refractivity contribution in [3.8, 4) is 0 Å². The lowest BCUT2D eigenvalue weighted by Crippen LogP contribution is -2.57. The summed E-state index contributed by atoms with van der Waals surface area (Å²) in [5.41, 5.74) is 1.66. The van der Waals surface area contributed by atoms with Crippen LogP contribution in [-0.2, 0) is 0 Å². The van der Waals surface area contributed by atoms with Gasteiger partial charge in [0.25, 0.3) is 0 Å². The zero-order chi connectivity index (χ0) is 17.2. The highest BCUT2D eigenvalue weighted by Gasteiger charge is 2.35. The van der Waals surface area contributed by atoms with Gasteiger partial charge in [-0.25, -0.2) is 0 Å². The molecular formula is C19H32N4O. The normalized spacial score (nSPS) is 27.0. The van der Waals surface area contributed by atoms with E-state index in [9.17, 15) is 5.11 Å². The van der Waals surface area contributed by atoms with Gasteiger partial charge < -0.3 is 14.9 Å². The van der Waals surface area contributed by atoms with Crippen molar-refractivity contribution in [3.63, 3.8) is 0 Å². The van der Waals surface area contributed by atoms with Crippen LogP contribution < -0.4 is 4.90 Å². The number of piperazine rings is 1. The van der Waals surface area contributed by atoms with Gasteiger partial charge in [0.15, 0.2) is 0 Å². The standard InChI is InChI=1S/C19H32N4O/c1-16(2)18-6-5-17(13-20-18)23-8-4-7-19(24,15-23)14-22-11-9-21(3)10-12-22/h5-6,13,16,24H,4,7-12,14-15H2,1-3H3. The summed E-state index contributed by atoms with van der Waals surface area (Å²) in [6, 6.07) is 4.28. The van der Waals surface area contributed by atoms with Crippen LogP contribution in [0.2, 0.25) is 0 Å². The third-order valence-electron chi connectivity index (χ3n) is 5.40. The molecule has 134 valence electrons. The number of β-amino-alcohol motifs (C(OH)–C–C–N with tert-alkyl or cyclic N) is 1. The maximum absolute atomic E-state index is 11.1. The molecule has 1 atom stereocenters. The van der Waals surface area contributed by atoms with Crippen molar-refractivity contribution in [2.24, 2.45) is 0 Å². The van der Waals surface area contributed by atoms with Gasteiger partial charge >= 0.3 is 0 Å². The summed E-state index contributed by atoms with van der Waals surface area (Å²) in [4.78, 5) is 11.7. The van der Waals surface area contributed by atoms with Crippen molar-refractivity contribution >= 4 is 5.69 Å². The Labute approximate surface area is 146 Å². The second-order valence-corrected chi connectivity index (χ2v) is 7.92. The molecule has 2 aliphatic rings. The van der Waals surface area contributed by atoms with Gasteiger partial charge in [-0.1, -0.05) is 13.8 Å². The van der Waals surface area contributed by atoms with Crippen molar-refractivity contribution in [1.82, 2.24) is 14.8 Å². The summed E-state index contributed by atoms with van der Waals surface area (Å²) in [5.74, 6) is 0.453. The van der Waals surface area contributed by atoms with Crippen LogP contribution in [0.4, 0.5) is 5.69 Å². The molecule has 1 N–H and O–H groups in total. The lowest BCUT2D eigenvalue weighted by molar-refractivity contribution is -0.0172. The predicted octanol–water partition coefficient (Wildman–Crippen LogP) is 1.78. The summed E-state index contributed by atoms with van der Waals surface area (Å²) in [5, 5.41) is 11.1. The second-order valence-electron chi connectivity index (χ2n) is 7.92.